The van der Waals surface area contributed by atoms with Crippen molar-refractivity contribution in [2.24, 2.45) is 0 Å². The summed E-state index contributed by atoms with van der Waals surface area (Å²) in [7, 11) is 0. The molecule has 0 amide bonds. The molecule has 2 aliphatic rings. The van der Waals surface area contributed by atoms with Gasteiger partial charge in [-0.1, -0.05) is 158 Å². The van der Waals surface area contributed by atoms with E-state index in [0.717, 1.165) is 22.7 Å². The molecule has 0 saturated heterocycles. The van der Waals surface area contributed by atoms with Crippen molar-refractivity contribution in [3.05, 3.63) is 229 Å². The van der Waals surface area contributed by atoms with Crippen LogP contribution in [-0.4, -0.2) is 4.57 Å². The Morgan fingerprint density at radius 1 is 0.364 bits per heavy atom. The van der Waals surface area contributed by atoms with E-state index in [2.05, 4.69) is 216 Å². The lowest BCUT2D eigenvalue weighted by molar-refractivity contribution is 0.783. The maximum Gasteiger partial charge on any atom is 0.0726 e. The van der Waals surface area contributed by atoms with Crippen molar-refractivity contribution in [2.45, 2.75) is 5.41 Å². The highest BCUT2D eigenvalue weighted by atomic mass is 15.1. The van der Waals surface area contributed by atoms with E-state index in [1.165, 1.54) is 77.1 Å². The summed E-state index contributed by atoms with van der Waals surface area (Å²) in [6.45, 7) is 0. The predicted octanol–water partition coefficient (Wildman–Crippen LogP) is 13.8. The molecule has 0 fully saturated rings. The van der Waals surface area contributed by atoms with Gasteiger partial charge in [0, 0.05) is 33.2 Å². The molecule has 55 heavy (non-hydrogen) atoms. The van der Waals surface area contributed by atoms with Crippen LogP contribution in [0.4, 0.5) is 17.1 Å². The van der Waals surface area contributed by atoms with Gasteiger partial charge in [0.25, 0.3) is 0 Å². The van der Waals surface area contributed by atoms with E-state index in [9.17, 15) is 0 Å². The average molecular weight is 699 g/mol. The Balaban J connectivity index is 1.25. The molecule has 256 valence electrons. The molecule has 0 radical (unpaired) electrons. The fourth-order valence-electron chi connectivity index (χ4n) is 10.1. The maximum absolute atomic E-state index is 2.50. The summed E-state index contributed by atoms with van der Waals surface area (Å²) < 4.78 is 2.50. The van der Waals surface area contributed by atoms with Gasteiger partial charge in [-0.25, -0.2) is 0 Å². The second-order valence-electron chi connectivity index (χ2n) is 14.8. The van der Waals surface area contributed by atoms with Crippen molar-refractivity contribution < 1.29 is 0 Å². The van der Waals surface area contributed by atoms with Gasteiger partial charge in [-0.3, -0.25) is 0 Å². The molecule has 2 heteroatoms. The summed E-state index contributed by atoms with van der Waals surface area (Å²) in [5.41, 5.74) is 16.9. The molecule has 0 saturated carbocycles. The Bertz CT molecular complexity index is 3080. The van der Waals surface area contributed by atoms with Crippen LogP contribution in [0.2, 0.25) is 0 Å². The Kier molecular flexibility index (Phi) is 6.29. The number of anilines is 3. The lowest BCUT2D eigenvalue weighted by Crippen LogP contribution is -2.30. The normalized spacial score (nSPS) is 13.2. The van der Waals surface area contributed by atoms with Crippen LogP contribution in [0.1, 0.15) is 22.3 Å². The largest absolute Gasteiger partial charge is 0.310 e. The van der Waals surface area contributed by atoms with Gasteiger partial charge in [0.15, 0.2) is 0 Å². The molecule has 12 rings (SSSR count). The van der Waals surface area contributed by atoms with Crippen LogP contribution in [0.5, 0.6) is 0 Å². The zero-order valence-corrected chi connectivity index (χ0v) is 30.0. The van der Waals surface area contributed by atoms with Crippen molar-refractivity contribution in [2.75, 3.05) is 4.90 Å². The highest BCUT2D eigenvalue weighted by molar-refractivity contribution is 6.29. The number of hydrogen-bond acceptors (Lipinski definition) is 1. The molecule has 2 aliphatic carbocycles. The monoisotopic (exact) mass is 698 g/mol. The molecular formula is C53H34N2. The quantitative estimate of drug-likeness (QED) is 0.174. The van der Waals surface area contributed by atoms with Gasteiger partial charge in [0.1, 0.15) is 0 Å². The molecule has 0 unspecified atom stereocenters. The molecule has 0 N–H and O–H groups in total. The highest BCUT2D eigenvalue weighted by Crippen LogP contribution is 2.63. The lowest BCUT2D eigenvalue weighted by Gasteiger charge is -2.38. The number of aromatic nitrogens is 1. The summed E-state index contributed by atoms with van der Waals surface area (Å²) in [5.74, 6) is 0. The Hall–Kier alpha value is -7.16. The molecule has 0 atom stereocenters. The second-order valence-corrected chi connectivity index (χ2v) is 14.8. The summed E-state index contributed by atoms with van der Waals surface area (Å²) in [6.07, 6.45) is 0. The number of para-hydroxylation sites is 2. The van der Waals surface area contributed by atoms with Crippen molar-refractivity contribution in [3.63, 3.8) is 0 Å². The van der Waals surface area contributed by atoms with Crippen LogP contribution >= 0.6 is 0 Å². The third kappa shape index (κ3) is 4.03. The van der Waals surface area contributed by atoms with Crippen LogP contribution in [-0.2, 0) is 5.41 Å². The summed E-state index contributed by atoms with van der Waals surface area (Å²) in [4.78, 5) is 2.46. The number of nitrogens with zero attached hydrogens (tertiary/aromatic N) is 2. The van der Waals surface area contributed by atoms with Crippen molar-refractivity contribution >= 4 is 49.6 Å². The van der Waals surface area contributed by atoms with Crippen LogP contribution in [0.3, 0.4) is 0 Å². The number of hydrogen-bond donors (Lipinski definition) is 0. The average Bonchev–Trinajstić information content (AvgIpc) is 3.75. The minimum Gasteiger partial charge on any atom is -0.310 e. The minimum atomic E-state index is -0.484. The Morgan fingerprint density at radius 2 is 0.891 bits per heavy atom. The topological polar surface area (TPSA) is 8.17 Å². The van der Waals surface area contributed by atoms with E-state index in [1.54, 1.807) is 0 Å². The SMILES string of the molecule is c1ccc(-c2ccc(N(c3ccccc3)c3cc4c5c6c(cccc36)C3(c6ccccc6-c6ccccc63)c3cccc(c35)n4-c3ccccc3)cc2)cc1. The second kappa shape index (κ2) is 11.4. The first-order chi connectivity index (χ1) is 27.3. The molecule has 1 heterocycles. The molecule has 9 aromatic carbocycles. The van der Waals surface area contributed by atoms with Crippen molar-refractivity contribution in [1.29, 1.82) is 0 Å². The standard InChI is InChI=1S/C53H34N2/c1-4-16-35(17-5-1)36-30-32-39(33-31-36)54(37-18-6-2-7-19-37)48-34-49-52-50-42(48)24-14-27-45(50)53(43-25-12-10-22-40(43)41-23-11-13-26-44(41)53)46-28-15-29-47(51(46)52)55(49)38-20-8-3-9-21-38/h1-34H. The van der Waals surface area contributed by atoms with Crippen molar-refractivity contribution in [3.8, 4) is 27.9 Å². The van der Waals surface area contributed by atoms with Crippen LogP contribution in [0, 0.1) is 0 Å². The Morgan fingerprint density at radius 3 is 1.58 bits per heavy atom. The first-order valence-electron chi connectivity index (χ1n) is 19.1. The van der Waals surface area contributed by atoms with Gasteiger partial charge in [-0.15, -0.1) is 0 Å². The van der Waals surface area contributed by atoms with E-state index in [1.807, 2.05) is 0 Å². The fourth-order valence-corrected chi connectivity index (χ4v) is 10.1. The van der Waals surface area contributed by atoms with Crippen LogP contribution in [0.15, 0.2) is 206 Å². The van der Waals surface area contributed by atoms with Gasteiger partial charge in [0.2, 0.25) is 0 Å². The van der Waals surface area contributed by atoms with E-state index in [4.69, 9.17) is 0 Å². The van der Waals surface area contributed by atoms with Crippen LogP contribution < -0.4 is 4.90 Å². The molecule has 0 bridgehead atoms. The maximum atomic E-state index is 2.50. The van der Waals surface area contributed by atoms with Gasteiger partial charge in [0.05, 0.1) is 22.1 Å². The molecular weight excluding hydrogens is 665 g/mol. The molecule has 1 spiro atoms. The van der Waals surface area contributed by atoms with E-state index in [0.29, 0.717) is 0 Å². The smallest absolute Gasteiger partial charge is 0.0726 e. The minimum absolute atomic E-state index is 0.484. The van der Waals surface area contributed by atoms with Gasteiger partial charge in [-0.2, -0.15) is 0 Å². The van der Waals surface area contributed by atoms with Crippen molar-refractivity contribution in [1.82, 2.24) is 4.57 Å². The third-order valence-electron chi connectivity index (χ3n) is 12.2. The summed E-state index contributed by atoms with van der Waals surface area (Å²) in [6, 6.07) is 76.1. The van der Waals surface area contributed by atoms with E-state index >= 15 is 0 Å². The van der Waals surface area contributed by atoms with Gasteiger partial charge < -0.3 is 9.47 Å². The first-order valence-corrected chi connectivity index (χ1v) is 19.1. The fraction of sp³-hybridized carbons (Fsp3) is 0.0189. The number of fused-ring (bicyclic) bond motifs is 7. The van der Waals surface area contributed by atoms with Crippen LogP contribution in [0.25, 0.3) is 60.5 Å². The molecule has 1 aromatic heterocycles. The Labute approximate surface area is 319 Å². The number of benzene rings is 9. The lowest BCUT2D eigenvalue weighted by atomic mass is 9.63. The number of rotatable bonds is 5. The van der Waals surface area contributed by atoms with E-state index < -0.39 is 5.41 Å². The summed E-state index contributed by atoms with van der Waals surface area (Å²) >= 11 is 0. The summed E-state index contributed by atoms with van der Waals surface area (Å²) in [5, 5.41) is 5.22. The zero-order valence-electron chi connectivity index (χ0n) is 30.0. The zero-order chi connectivity index (χ0) is 36.1. The first kappa shape index (κ1) is 30.3. The predicted molar refractivity (Wildman–Crippen MR) is 229 cm³/mol. The molecule has 2 nitrogen and oxygen atoms in total. The van der Waals surface area contributed by atoms with Gasteiger partial charge in [-0.05, 0) is 98.4 Å². The molecule has 0 aliphatic heterocycles. The van der Waals surface area contributed by atoms with Gasteiger partial charge >= 0.3 is 0 Å². The third-order valence-corrected chi connectivity index (χ3v) is 12.2. The van der Waals surface area contributed by atoms with E-state index in [-0.39, 0.29) is 0 Å². The molecule has 10 aromatic rings. The highest BCUT2D eigenvalue weighted by Gasteiger charge is 2.50.